The number of carbonyl (C=O) groups is 2. The summed E-state index contributed by atoms with van der Waals surface area (Å²) in [5, 5.41) is 3.10. The Morgan fingerprint density at radius 1 is 1.04 bits per heavy atom. The molecule has 2 rings (SSSR count). The molecule has 0 unspecified atom stereocenters. The summed E-state index contributed by atoms with van der Waals surface area (Å²) in [6.45, 7) is 10.3. The van der Waals surface area contributed by atoms with Crippen LogP contribution in [-0.4, -0.2) is 17.7 Å². The van der Waals surface area contributed by atoms with Crippen LogP contribution in [0.15, 0.2) is 30.3 Å². The van der Waals surface area contributed by atoms with Gasteiger partial charge in [0.1, 0.15) is 0 Å². The van der Waals surface area contributed by atoms with Crippen LogP contribution in [0.4, 0.5) is 0 Å². The maximum absolute atomic E-state index is 12.9. The first-order valence-corrected chi connectivity index (χ1v) is 10.1. The SMILES string of the molecule is CC(C)C1CCC(C(=O)N[C@H](Cc2ccccc2)C(=O)C(C)(C)C)CC1. The molecular weight excluding hydrogens is 322 g/mol. The summed E-state index contributed by atoms with van der Waals surface area (Å²) in [4.78, 5) is 25.8. The minimum absolute atomic E-state index is 0.0519. The highest BCUT2D eigenvalue weighted by molar-refractivity contribution is 5.93. The summed E-state index contributed by atoms with van der Waals surface area (Å²) in [5.41, 5.74) is 0.612. The number of hydrogen-bond donors (Lipinski definition) is 1. The number of ketones is 1. The number of rotatable bonds is 6. The number of Topliss-reactive ketones (excluding diaryl/α,β-unsaturated/α-hetero) is 1. The van der Waals surface area contributed by atoms with Gasteiger partial charge in [-0.3, -0.25) is 9.59 Å². The lowest BCUT2D eigenvalue weighted by atomic mass is 9.76. The van der Waals surface area contributed by atoms with Crippen molar-refractivity contribution >= 4 is 11.7 Å². The van der Waals surface area contributed by atoms with Crippen molar-refractivity contribution in [3.8, 4) is 0 Å². The third-order valence-corrected chi connectivity index (χ3v) is 5.74. The summed E-state index contributed by atoms with van der Waals surface area (Å²) in [6, 6.07) is 9.50. The Hall–Kier alpha value is -1.64. The lowest BCUT2D eigenvalue weighted by Crippen LogP contribution is -2.49. The summed E-state index contributed by atoms with van der Waals surface area (Å²) in [5.74, 6) is 1.63. The van der Waals surface area contributed by atoms with Gasteiger partial charge in [-0.1, -0.05) is 65.0 Å². The van der Waals surface area contributed by atoms with Gasteiger partial charge in [0.15, 0.2) is 5.78 Å². The first-order valence-electron chi connectivity index (χ1n) is 10.1. The molecule has 1 aromatic carbocycles. The minimum atomic E-state index is -0.470. The molecule has 3 nitrogen and oxygen atoms in total. The molecule has 0 aliphatic heterocycles. The Labute approximate surface area is 159 Å². The molecule has 0 heterocycles. The van der Waals surface area contributed by atoms with Crippen molar-refractivity contribution in [2.24, 2.45) is 23.2 Å². The van der Waals surface area contributed by atoms with Crippen molar-refractivity contribution in [1.29, 1.82) is 0 Å². The van der Waals surface area contributed by atoms with Gasteiger partial charge in [-0.15, -0.1) is 0 Å². The van der Waals surface area contributed by atoms with E-state index in [1.807, 2.05) is 51.1 Å². The van der Waals surface area contributed by atoms with Crippen LogP contribution in [-0.2, 0) is 16.0 Å². The largest absolute Gasteiger partial charge is 0.346 e. The zero-order chi connectivity index (χ0) is 19.3. The summed E-state index contributed by atoms with van der Waals surface area (Å²) < 4.78 is 0. The van der Waals surface area contributed by atoms with Gasteiger partial charge in [-0.2, -0.15) is 0 Å². The van der Waals surface area contributed by atoms with Gasteiger partial charge in [0, 0.05) is 11.3 Å². The average molecular weight is 358 g/mol. The molecule has 1 aliphatic carbocycles. The van der Waals surface area contributed by atoms with Crippen molar-refractivity contribution in [2.75, 3.05) is 0 Å². The molecule has 3 heteroatoms. The maximum atomic E-state index is 12.9. The van der Waals surface area contributed by atoms with Crippen LogP contribution in [0, 0.1) is 23.2 Å². The number of benzene rings is 1. The second-order valence-corrected chi connectivity index (χ2v) is 9.22. The van der Waals surface area contributed by atoms with Crippen LogP contribution < -0.4 is 5.32 Å². The molecular formula is C23H35NO2. The van der Waals surface area contributed by atoms with E-state index in [1.54, 1.807) is 0 Å². The van der Waals surface area contributed by atoms with Crippen LogP contribution >= 0.6 is 0 Å². The second kappa shape index (κ2) is 8.83. The van der Waals surface area contributed by atoms with E-state index >= 15 is 0 Å². The lowest BCUT2D eigenvalue weighted by molar-refractivity contribution is -0.134. The highest BCUT2D eigenvalue weighted by atomic mass is 16.2. The first kappa shape index (κ1) is 20.7. The topological polar surface area (TPSA) is 46.2 Å². The molecule has 1 atom stereocenters. The Morgan fingerprint density at radius 3 is 2.12 bits per heavy atom. The average Bonchev–Trinajstić information content (AvgIpc) is 2.60. The first-order chi connectivity index (χ1) is 12.2. The second-order valence-electron chi connectivity index (χ2n) is 9.22. The van der Waals surface area contributed by atoms with Crippen LogP contribution in [0.5, 0.6) is 0 Å². The Balaban J connectivity index is 2.04. The third kappa shape index (κ3) is 5.69. The van der Waals surface area contributed by atoms with E-state index in [0.717, 1.165) is 37.2 Å². The minimum Gasteiger partial charge on any atom is -0.346 e. The summed E-state index contributed by atoms with van der Waals surface area (Å²) in [7, 11) is 0. The van der Waals surface area contributed by atoms with E-state index in [9.17, 15) is 9.59 Å². The molecule has 1 aromatic rings. The summed E-state index contributed by atoms with van der Waals surface area (Å²) >= 11 is 0. The van der Waals surface area contributed by atoms with Crippen molar-refractivity contribution in [2.45, 2.75) is 72.8 Å². The fraction of sp³-hybridized carbons (Fsp3) is 0.652. The van der Waals surface area contributed by atoms with Crippen molar-refractivity contribution < 1.29 is 9.59 Å². The van der Waals surface area contributed by atoms with E-state index in [-0.39, 0.29) is 17.6 Å². The molecule has 26 heavy (non-hydrogen) atoms. The standard InChI is InChI=1S/C23H35NO2/c1-16(2)18-11-13-19(14-12-18)22(26)24-20(21(25)23(3,4)5)15-17-9-7-6-8-10-17/h6-10,16,18-20H,11-15H2,1-5H3,(H,24,26)/t18?,19?,20-/m1/s1. The molecule has 1 amide bonds. The predicted octanol–water partition coefficient (Wildman–Crippen LogP) is 4.79. The molecule has 1 aliphatic rings. The van der Waals surface area contributed by atoms with E-state index in [1.165, 1.54) is 0 Å². The van der Waals surface area contributed by atoms with Gasteiger partial charge >= 0.3 is 0 Å². The molecule has 1 saturated carbocycles. The lowest BCUT2D eigenvalue weighted by Gasteiger charge is -2.32. The van der Waals surface area contributed by atoms with Crippen LogP contribution in [0.2, 0.25) is 0 Å². The number of nitrogens with one attached hydrogen (secondary N) is 1. The number of carbonyl (C=O) groups excluding carboxylic acids is 2. The molecule has 1 fully saturated rings. The van der Waals surface area contributed by atoms with Crippen LogP contribution in [0.3, 0.4) is 0 Å². The van der Waals surface area contributed by atoms with Crippen LogP contribution in [0.1, 0.15) is 65.9 Å². The molecule has 144 valence electrons. The highest BCUT2D eigenvalue weighted by Gasteiger charge is 2.34. The molecule has 1 N–H and O–H groups in total. The quantitative estimate of drug-likeness (QED) is 0.795. The number of amides is 1. The van der Waals surface area contributed by atoms with E-state index in [2.05, 4.69) is 19.2 Å². The van der Waals surface area contributed by atoms with Crippen LogP contribution in [0.25, 0.3) is 0 Å². The Bertz CT molecular complexity index is 592. The smallest absolute Gasteiger partial charge is 0.223 e. The molecule has 0 spiro atoms. The molecule has 0 bridgehead atoms. The fourth-order valence-electron chi connectivity index (χ4n) is 3.92. The predicted molar refractivity (Wildman–Crippen MR) is 107 cm³/mol. The zero-order valence-electron chi connectivity index (χ0n) is 17.0. The van der Waals surface area contributed by atoms with E-state index in [0.29, 0.717) is 12.3 Å². The van der Waals surface area contributed by atoms with Gasteiger partial charge in [-0.05, 0) is 49.5 Å². The molecule has 0 saturated heterocycles. The zero-order valence-corrected chi connectivity index (χ0v) is 17.0. The summed E-state index contributed by atoms with van der Waals surface area (Å²) in [6.07, 6.45) is 4.68. The van der Waals surface area contributed by atoms with Gasteiger partial charge < -0.3 is 5.32 Å². The van der Waals surface area contributed by atoms with Gasteiger partial charge in [-0.25, -0.2) is 0 Å². The third-order valence-electron chi connectivity index (χ3n) is 5.74. The van der Waals surface area contributed by atoms with Gasteiger partial charge in [0.05, 0.1) is 6.04 Å². The molecule has 0 radical (unpaired) electrons. The normalized spacial score (nSPS) is 22.1. The van der Waals surface area contributed by atoms with Gasteiger partial charge in [0.2, 0.25) is 5.91 Å². The molecule has 0 aromatic heterocycles. The fourth-order valence-corrected chi connectivity index (χ4v) is 3.92. The Kier molecular flexibility index (Phi) is 7.02. The monoisotopic (exact) mass is 357 g/mol. The number of hydrogen-bond acceptors (Lipinski definition) is 2. The van der Waals surface area contributed by atoms with Crippen molar-refractivity contribution in [3.05, 3.63) is 35.9 Å². The Morgan fingerprint density at radius 2 is 1.62 bits per heavy atom. The van der Waals surface area contributed by atoms with E-state index in [4.69, 9.17) is 0 Å². The highest BCUT2D eigenvalue weighted by Crippen LogP contribution is 2.33. The van der Waals surface area contributed by atoms with E-state index < -0.39 is 11.5 Å². The van der Waals surface area contributed by atoms with Crippen molar-refractivity contribution in [1.82, 2.24) is 5.32 Å². The van der Waals surface area contributed by atoms with Crippen molar-refractivity contribution in [3.63, 3.8) is 0 Å². The van der Waals surface area contributed by atoms with Gasteiger partial charge in [0.25, 0.3) is 0 Å². The maximum Gasteiger partial charge on any atom is 0.223 e.